The van der Waals surface area contributed by atoms with Gasteiger partial charge in [-0.25, -0.2) is 0 Å². The first-order valence-electron chi connectivity index (χ1n) is 3.83. The molecule has 2 heteroatoms. The minimum atomic E-state index is 0.931. The topological polar surface area (TPSA) is 9.23 Å². The van der Waals surface area contributed by atoms with E-state index in [1.54, 1.807) is 18.4 Å². The van der Waals surface area contributed by atoms with Crippen LogP contribution in [-0.4, -0.2) is 7.11 Å². The van der Waals surface area contributed by atoms with Gasteiger partial charge in [0.25, 0.3) is 0 Å². The van der Waals surface area contributed by atoms with Crippen LogP contribution in [0.25, 0.3) is 10.8 Å². The lowest BCUT2D eigenvalue weighted by molar-refractivity contribution is 0.415. The Morgan fingerprint density at radius 1 is 1.33 bits per heavy atom. The van der Waals surface area contributed by atoms with E-state index in [0.29, 0.717) is 0 Å². The van der Waals surface area contributed by atoms with E-state index in [0.717, 1.165) is 5.75 Å². The number of aryl methyl sites for hydroxylation is 1. The first kappa shape index (κ1) is 7.62. The number of rotatable bonds is 1. The van der Waals surface area contributed by atoms with E-state index in [9.17, 15) is 0 Å². The van der Waals surface area contributed by atoms with Gasteiger partial charge in [0.05, 0.1) is 7.11 Å². The predicted molar refractivity (Wildman–Crippen MR) is 53.1 cm³/mol. The standard InChI is InChI=1S/C10H10OS/c1-7-10-4-3-9(11-2)5-8(10)6-12-7/h3-6H,1-2H3. The second-order valence-corrected chi connectivity index (χ2v) is 3.83. The van der Waals surface area contributed by atoms with Crippen LogP contribution in [0.15, 0.2) is 23.6 Å². The van der Waals surface area contributed by atoms with Crippen LogP contribution in [0.1, 0.15) is 4.88 Å². The largest absolute Gasteiger partial charge is 0.497 e. The van der Waals surface area contributed by atoms with Crippen molar-refractivity contribution in [3.05, 3.63) is 28.5 Å². The molecule has 0 spiro atoms. The molecule has 0 atom stereocenters. The maximum atomic E-state index is 5.14. The number of ether oxygens (including phenoxy) is 1. The third-order valence-electron chi connectivity index (χ3n) is 2.00. The van der Waals surface area contributed by atoms with Crippen LogP contribution >= 0.6 is 11.3 Å². The third-order valence-corrected chi connectivity index (χ3v) is 2.95. The van der Waals surface area contributed by atoms with Gasteiger partial charge in [-0.3, -0.25) is 0 Å². The van der Waals surface area contributed by atoms with Gasteiger partial charge >= 0.3 is 0 Å². The fraction of sp³-hybridized carbons (Fsp3) is 0.200. The van der Waals surface area contributed by atoms with Crippen LogP contribution < -0.4 is 4.74 Å². The van der Waals surface area contributed by atoms with E-state index in [1.165, 1.54) is 15.6 Å². The minimum absolute atomic E-state index is 0.931. The molecule has 0 radical (unpaired) electrons. The van der Waals surface area contributed by atoms with E-state index < -0.39 is 0 Å². The molecule has 2 rings (SSSR count). The van der Waals surface area contributed by atoms with Crippen LogP contribution in [0.4, 0.5) is 0 Å². The number of thiophene rings is 1. The van der Waals surface area contributed by atoms with Crippen molar-refractivity contribution in [2.75, 3.05) is 7.11 Å². The summed E-state index contributed by atoms with van der Waals surface area (Å²) in [5.74, 6) is 0.931. The van der Waals surface area contributed by atoms with Gasteiger partial charge in [-0.2, -0.15) is 0 Å². The van der Waals surface area contributed by atoms with Crippen molar-refractivity contribution in [1.29, 1.82) is 0 Å². The summed E-state index contributed by atoms with van der Waals surface area (Å²) in [5, 5.41) is 4.77. The van der Waals surface area contributed by atoms with E-state index in [4.69, 9.17) is 4.74 Å². The number of hydrogen-bond acceptors (Lipinski definition) is 2. The lowest BCUT2D eigenvalue weighted by Gasteiger charge is -1.98. The summed E-state index contributed by atoms with van der Waals surface area (Å²) in [7, 11) is 1.69. The first-order valence-corrected chi connectivity index (χ1v) is 4.71. The lowest BCUT2D eigenvalue weighted by Crippen LogP contribution is -1.80. The SMILES string of the molecule is COc1ccc2c(C)scc2c1. The number of benzene rings is 1. The maximum Gasteiger partial charge on any atom is 0.119 e. The van der Waals surface area contributed by atoms with Crippen molar-refractivity contribution in [2.45, 2.75) is 6.92 Å². The van der Waals surface area contributed by atoms with Crippen molar-refractivity contribution < 1.29 is 4.74 Å². The molecule has 12 heavy (non-hydrogen) atoms. The van der Waals surface area contributed by atoms with Crippen LogP contribution in [0.2, 0.25) is 0 Å². The van der Waals surface area contributed by atoms with Crippen molar-refractivity contribution in [3.8, 4) is 5.75 Å². The molecule has 0 aliphatic rings. The summed E-state index contributed by atoms with van der Waals surface area (Å²) < 4.78 is 5.14. The fourth-order valence-corrected chi connectivity index (χ4v) is 2.11. The van der Waals surface area contributed by atoms with Crippen LogP contribution in [0.3, 0.4) is 0 Å². The highest BCUT2D eigenvalue weighted by Gasteiger charge is 2.00. The lowest BCUT2D eigenvalue weighted by atomic mass is 10.2. The van der Waals surface area contributed by atoms with Crippen molar-refractivity contribution in [1.82, 2.24) is 0 Å². The Kier molecular flexibility index (Phi) is 1.77. The molecule has 0 fully saturated rings. The zero-order valence-corrected chi connectivity index (χ0v) is 7.94. The Hall–Kier alpha value is -1.02. The summed E-state index contributed by atoms with van der Waals surface area (Å²) in [5.41, 5.74) is 0. The van der Waals surface area contributed by atoms with Gasteiger partial charge in [-0.05, 0) is 41.3 Å². The van der Waals surface area contributed by atoms with Crippen LogP contribution in [-0.2, 0) is 0 Å². The van der Waals surface area contributed by atoms with E-state index in [2.05, 4.69) is 24.4 Å². The van der Waals surface area contributed by atoms with Crippen molar-refractivity contribution in [3.63, 3.8) is 0 Å². The monoisotopic (exact) mass is 178 g/mol. The smallest absolute Gasteiger partial charge is 0.119 e. The fourth-order valence-electron chi connectivity index (χ4n) is 1.30. The highest BCUT2D eigenvalue weighted by Crippen LogP contribution is 2.27. The molecule has 2 aromatic rings. The van der Waals surface area contributed by atoms with Gasteiger partial charge in [-0.15, -0.1) is 11.3 Å². The number of fused-ring (bicyclic) bond motifs is 1. The Morgan fingerprint density at radius 3 is 2.92 bits per heavy atom. The van der Waals surface area contributed by atoms with Gasteiger partial charge in [-0.1, -0.05) is 0 Å². The molecule has 0 N–H and O–H groups in total. The van der Waals surface area contributed by atoms with E-state index in [-0.39, 0.29) is 0 Å². The molecule has 1 nitrogen and oxygen atoms in total. The van der Waals surface area contributed by atoms with E-state index >= 15 is 0 Å². The number of methoxy groups -OCH3 is 1. The normalized spacial score (nSPS) is 10.5. The van der Waals surface area contributed by atoms with Crippen LogP contribution in [0, 0.1) is 6.92 Å². The molecule has 0 saturated heterocycles. The minimum Gasteiger partial charge on any atom is -0.497 e. The van der Waals surface area contributed by atoms with Crippen LogP contribution in [0.5, 0.6) is 5.75 Å². The zero-order chi connectivity index (χ0) is 8.55. The van der Waals surface area contributed by atoms with Crippen molar-refractivity contribution in [2.24, 2.45) is 0 Å². The van der Waals surface area contributed by atoms with Gasteiger partial charge < -0.3 is 4.74 Å². The molecule has 1 aromatic carbocycles. The molecular weight excluding hydrogens is 168 g/mol. The van der Waals surface area contributed by atoms with Gasteiger partial charge in [0, 0.05) is 4.88 Å². The quantitative estimate of drug-likeness (QED) is 0.651. The highest BCUT2D eigenvalue weighted by molar-refractivity contribution is 7.11. The summed E-state index contributed by atoms with van der Waals surface area (Å²) in [6, 6.07) is 6.18. The molecule has 1 heterocycles. The Bertz CT molecular complexity index is 403. The Labute approximate surface area is 75.6 Å². The molecule has 0 aliphatic carbocycles. The average molecular weight is 178 g/mol. The second-order valence-electron chi connectivity index (χ2n) is 2.75. The molecule has 0 saturated carbocycles. The molecule has 0 bridgehead atoms. The average Bonchev–Trinajstić information content (AvgIpc) is 2.47. The van der Waals surface area contributed by atoms with Gasteiger partial charge in [0.1, 0.15) is 5.75 Å². The molecule has 0 aliphatic heterocycles. The maximum absolute atomic E-state index is 5.14. The summed E-state index contributed by atoms with van der Waals surface area (Å²) in [4.78, 5) is 1.37. The summed E-state index contributed by atoms with van der Waals surface area (Å²) in [6.07, 6.45) is 0. The Morgan fingerprint density at radius 2 is 2.17 bits per heavy atom. The molecule has 0 unspecified atom stereocenters. The summed E-state index contributed by atoms with van der Waals surface area (Å²) in [6.45, 7) is 2.14. The van der Waals surface area contributed by atoms with Gasteiger partial charge in [0.15, 0.2) is 0 Å². The van der Waals surface area contributed by atoms with E-state index in [1.807, 2.05) is 6.07 Å². The van der Waals surface area contributed by atoms with Crippen molar-refractivity contribution >= 4 is 22.1 Å². The summed E-state index contributed by atoms with van der Waals surface area (Å²) >= 11 is 1.78. The highest BCUT2D eigenvalue weighted by atomic mass is 32.1. The molecular formula is C10H10OS. The molecule has 1 aromatic heterocycles. The zero-order valence-electron chi connectivity index (χ0n) is 7.13. The Balaban J connectivity index is 2.69. The van der Waals surface area contributed by atoms with Gasteiger partial charge in [0.2, 0.25) is 0 Å². The molecule has 62 valence electrons. The second kappa shape index (κ2) is 2.79. The number of hydrogen-bond donors (Lipinski definition) is 0. The third kappa shape index (κ3) is 1.08. The first-order chi connectivity index (χ1) is 5.81. The molecule has 0 amide bonds. The predicted octanol–water partition coefficient (Wildman–Crippen LogP) is 3.22.